The topological polar surface area (TPSA) is 762 Å². The fraction of sp³-hybridized carbons (Fsp3) is 0.935. The lowest BCUT2D eigenvalue weighted by Crippen LogP contribution is -2.71. The lowest BCUT2D eigenvalue weighted by atomic mass is 9.94. The van der Waals surface area contributed by atoms with Crippen LogP contribution in [0.5, 0.6) is 0 Å². The van der Waals surface area contributed by atoms with Gasteiger partial charge in [0, 0.05) is 7.11 Å². The first kappa shape index (κ1) is 75.1. The van der Waals surface area contributed by atoms with Gasteiger partial charge in [0.05, 0.1) is 19.8 Å². The molecule has 0 aromatic heterocycles. The maximum Gasteiger partial charge on any atom is 0.397 e. The van der Waals surface area contributed by atoms with E-state index in [1.807, 2.05) is 0 Å². The molecule has 87 heavy (non-hydrogen) atoms. The van der Waals surface area contributed by atoms with Gasteiger partial charge in [-0.15, -0.1) is 0 Å². The van der Waals surface area contributed by atoms with Crippen LogP contribution in [-0.2, 0) is 146 Å². The van der Waals surface area contributed by atoms with Crippen LogP contribution in [0, 0.1) is 0 Å². The van der Waals surface area contributed by atoms with E-state index < -0.39 is 258 Å². The summed E-state index contributed by atoms with van der Waals surface area (Å²) in [4.78, 5) is 25.6. The van der Waals surface area contributed by atoms with E-state index in [1.165, 1.54) is 14.2 Å². The molecule has 56 heteroatoms. The predicted octanol–water partition coefficient (Wildman–Crippen LogP) is -13.6. The number of carboxylic acid groups (broad SMARTS) is 2. The smallest absolute Gasteiger partial charge is 0.397 e. The first-order chi connectivity index (χ1) is 39.5. The molecular formula is C31H53N3O46S7. The number of aliphatic hydroxyl groups is 7. The maximum absolute atomic E-state index is 12.9. The zero-order valence-electron chi connectivity index (χ0n) is 42.3. The number of carbonyl (C=O) groups is 2. The molecule has 0 saturated carbocycles. The largest absolute Gasteiger partial charge is 0.479 e. The van der Waals surface area contributed by atoms with Gasteiger partial charge < -0.3 is 93.3 Å². The number of hydrogen-bond acceptors (Lipinski definition) is 37. The maximum atomic E-state index is 12.9. The SMILES string of the molecule is COC1O[C@H](COS(=O)(=O)O)[C@@H](O[C@@H]2O[C@@H](C(=O)O)[C@@H](O[C@H]3O[C@H](COS(=O)(=O)O)[C@@H](O[C@@H]4O[C@H](C(=O)O)[C@@H](O[C@H]5O[C@H](COS(=O)(=O)O)[C@@H](O)[C@H](O)[C@H]5NS(=O)(=O)O)[C@H](O)[C@H]4O)[C@H](O)[C@H]3NS(=O)(=O)O)[C@H](O)[C@H]2OS(=O)(=O)O)[C@H](O)[C@H]1NS(=O)(=O)O. The van der Waals surface area contributed by atoms with E-state index >= 15 is 0 Å². The van der Waals surface area contributed by atoms with Crippen LogP contribution in [0.25, 0.3) is 0 Å². The summed E-state index contributed by atoms with van der Waals surface area (Å²) in [5, 5.41) is 99.1. The van der Waals surface area contributed by atoms with Crippen LogP contribution in [0.4, 0.5) is 0 Å². The van der Waals surface area contributed by atoms with Gasteiger partial charge in [0.2, 0.25) is 0 Å². The molecule has 0 amide bonds. The first-order valence-electron chi connectivity index (χ1n) is 22.9. The molecule has 0 spiro atoms. The Labute approximate surface area is 487 Å². The third-order valence-electron chi connectivity index (χ3n) is 12.2. The standard InChI is InChI=1S/C31H53N3O46S7/c1-67-27-9(33-82(49,50)51)13(37)19(6(72-27)3-69-85(58,59)60)75-31-22(80-87(64,65)66)17(41)21(24(79-31)26(44)45)77-29-10(34-83(52,53)54)14(38)18(7(73-29)4-70-86(61,62)63)74-30-16(40)15(39)20(23(78-30)25(42)43)76-28-8(32-81(46,47)48)12(36)11(35)5(71-28)2-68-84(55,56)57/h5-24,27-41H,2-4H2,1H3,(H,42,43)(H,44,45)(H,46,47,48)(H,49,50,51)(H,52,53,54)(H,55,56,57)(H,58,59,60)(H,61,62,63)(H,64,65,66)/t5-,6-,7-,8-,9-,10-,11-,12-,13-,14-,15-,16-,17+,18-,19-,20+,21+,22-,23+,24-,27?,28-,29-,30-,31-/m1/s1. The van der Waals surface area contributed by atoms with Gasteiger partial charge in [0.25, 0.3) is 0 Å². The van der Waals surface area contributed by atoms with Crippen molar-refractivity contribution in [2.75, 3.05) is 26.9 Å². The number of carboxylic acids is 2. The van der Waals surface area contributed by atoms with Crippen molar-refractivity contribution in [1.29, 1.82) is 0 Å². The van der Waals surface area contributed by atoms with E-state index in [9.17, 15) is 142 Å². The highest BCUT2D eigenvalue weighted by atomic mass is 32.3. The van der Waals surface area contributed by atoms with E-state index in [0.717, 1.165) is 7.11 Å². The highest BCUT2D eigenvalue weighted by molar-refractivity contribution is 7.84. The molecule has 0 aliphatic carbocycles. The molecule has 49 nitrogen and oxygen atoms in total. The number of methoxy groups -OCH3 is 1. The molecule has 510 valence electrons. The van der Waals surface area contributed by atoms with Crippen LogP contribution in [0.3, 0.4) is 0 Å². The quantitative estimate of drug-likeness (QED) is 0.0324. The summed E-state index contributed by atoms with van der Waals surface area (Å²) in [7, 11) is -38.8. The van der Waals surface area contributed by atoms with E-state index in [2.05, 4.69) is 16.7 Å². The minimum atomic E-state index is -6.07. The first-order valence-corrected chi connectivity index (χ1v) is 32.7. The molecule has 0 aromatic carbocycles. The van der Waals surface area contributed by atoms with E-state index in [-0.39, 0.29) is 0 Å². The van der Waals surface area contributed by atoms with Crippen LogP contribution in [-0.4, -0.2) is 329 Å². The zero-order chi connectivity index (χ0) is 66.2. The lowest BCUT2D eigenvalue weighted by molar-refractivity contribution is -0.374. The molecular weight excluding hydrogens is 1370 g/mol. The molecule has 0 aromatic rings. The fourth-order valence-electron chi connectivity index (χ4n) is 8.75. The van der Waals surface area contributed by atoms with E-state index in [0.29, 0.717) is 0 Å². The summed E-state index contributed by atoms with van der Waals surface area (Å²) in [6.07, 6.45) is -60.4. The van der Waals surface area contributed by atoms with Gasteiger partial charge in [-0.2, -0.15) is 73.1 Å². The lowest BCUT2D eigenvalue weighted by Gasteiger charge is -2.50. The van der Waals surface area contributed by atoms with Crippen molar-refractivity contribution in [3.63, 3.8) is 0 Å². The van der Waals surface area contributed by atoms with Gasteiger partial charge in [-0.25, -0.2) is 26.3 Å². The monoisotopic (exact) mass is 1430 g/mol. The Morgan fingerprint density at radius 1 is 0.368 bits per heavy atom. The van der Waals surface area contributed by atoms with Gasteiger partial charge in [-0.1, -0.05) is 0 Å². The average molecular weight is 1430 g/mol. The van der Waals surface area contributed by atoms with Crippen molar-refractivity contribution in [2.45, 2.75) is 153 Å². The van der Waals surface area contributed by atoms with E-state index in [4.69, 9.17) is 51.9 Å². The fourth-order valence-corrected chi connectivity index (χ4v) is 11.9. The van der Waals surface area contributed by atoms with Crippen molar-refractivity contribution in [1.82, 2.24) is 14.2 Å². The molecule has 5 saturated heterocycles. The zero-order valence-corrected chi connectivity index (χ0v) is 48.0. The van der Waals surface area contributed by atoms with Crippen LogP contribution in [0.1, 0.15) is 0 Å². The number of nitrogens with one attached hydrogen (secondary N) is 3. The number of rotatable bonds is 28. The predicted molar refractivity (Wildman–Crippen MR) is 251 cm³/mol. The van der Waals surface area contributed by atoms with Gasteiger partial charge in [-0.05, 0) is 0 Å². The molecule has 1 unspecified atom stereocenters. The van der Waals surface area contributed by atoms with Crippen molar-refractivity contribution in [3.05, 3.63) is 0 Å². The minimum Gasteiger partial charge on any atom is -0.479 e. The molecule has 5 aliphatic heterocycles. The van der Waals surface area contributed by atoms with Crippen LogP contribution >= 0.6 is 0 Å². The normalized spacial score (nSPS) is 39.7. The number of hydrogen-bond donors (Lipinski definition) is 19. The molecule has 5 fully saturated rings. The molecule has 0 radical (unpaired) electrons. The summed E-state index contributed by atoms with van der Waals surface area (Å²) in [6.45, 7) is -4.76. The highest BCUT2D eigenvalue weighted by Crippen LogP contribution is 2.38. The number of aliphatic hydroxyl groups excluding tert-OH is 7. The van der Waals surface area contributed by atoms with Crippen LogP contribution in [0.15, 0.2) is 0 Å². The van der Waals surface area contributed by atoms with Gasteiger partial charge in [0.15, 0.2) is 49.8 Å². The summed E-state index contributed by atoms with van der Waals surface area (Å²) in [5.74, 6) is -4.71. The van der Waals surface area contributed by atoms with Crippen molar-refractivity contribution in [3.8, 4) is 0 Å². The second-order valence-corrected chi connectivity index (χ2v) is 26.1. The Morgan fingerprint density at radius 2 is 0.701 bits per heavy atom. The third kappa shape index (κ3) is 21.2. The third-order valence-corrected chi connectivity index (χ3v) is 15.7. The summed E-state index contributed by atoms with van der Waals surface area (Å²) < 4.78 is 306. The second-order valence-electron chi connectivity index (χ2n) is 18.2. The molecule has 5 aliphatic rings. The Hall–Kier alpha value is -2.65. The van der Waals surface area contributed by atoms with Crippen molar-refractivity contribution < 1.29 is 210 Å². The molecule has 5 rings (SSSR count). The second kappa shape index (κ2) is 28.7. The molecule has 19 N–H and O–H groups in total. The summed E-state index contributed by atoms with van der Waals surface area (Å²) >= 11 is 0. The Kier molecular flexibility index (Phi) is 24.8. The van der Waals surface area contributed by atoms with Gasteiger partial charge in [-0.3, -0.25) is 31.9 Å². The Bertz CT molecular complexity index is 3210. The van der Waals surface area contributed by atoms with Gasteiger partial charge in [0.1, 0.15) is 104 Å². The highest BCUT2D eigenvalue weighted by Gasteiger charge is 2.60. The van der Waals surface area contributed by atoms with Gasteiger partial charge >= 0.3 is 84.4 Å². The Morgan fingerprint density at radius 3 is 1.08 bits per heavy atom. The van der Waals surface area contributed by atoms with Crippen molar-refractivity contribution >= 4 is 84.4 Å². The number of aliphatic carboxylic acids is 2. The van der Waals surface area contributed by atoms with Crippen LogP contribution in [0.2, 0.25) is 0 Å². The molecule has 0 bridgehead atoms. The Balaban J connectivity index is 1.52. The van der Waals surface area contributed by atoms with E-state index in [1.54, 1.807) is 0 Å². The van der Waals surface area contributed by atoms with Crippen LogP contribution < -0.4 is 14.2 Å². The average Bonchev–Trinajstić information content (AvgIpc) is 1.15. The van der Waals surface area contributed by atoms with Crippen molar-refractivity contribution in [2.24, 2.45) is 0 Å². The summed E-state index contributed by atoms with van der Waals surface area (Å²) in [5.41, 5.74) is 0. The molecule has 25 atom stereocenters. The minimum absolute atomic E-state index is 0.765. The number of ether oxygens (including phenoxy) is 10. The molecule has 5 heterocycles. The summed E-state index contributed by atoms with van der Waals surface area (Å²) in [6, 6.07) is -7.71.